The van der Waals surface area contributed by atoms with E-state index in [1.165, 1.54) is 22.4 Å². The van der Waals surface area contributed by atoms with Crippen molar-refractivity contribution >= 4 is 22.6 Å². The number of rotatable bonds is 6. The molecule has 3 aromatic carbocycles. The van der Waals surface area contributed by atoms with Crippen LogP contribution in [-0.2, 0) is 16.0 Å². The van der Waals surface area contributed by atoms with E-state index < -0.39 is 0 Å². The first-order chi connectivity index (χ1) is 16.0. The number of likely N-dealkylation sites (tertiary alicyclic amines) is 1. The average molecular weight is 445 g/mol. The first-order valence-electron chi connectivity index (χ1n) is 11.8. The third kappa shape index (κ3) is 4.63. The Morgan fingerprint density at radius 2 is 1.85 bits per heavy atom. The second kappa shape index (κ2) is 8.97. The topological polar surface area (TPSA) is 49.4 Å². The fourth-order valence-electron chi connectivity index (χ4n) is 5.47. The third-order valence-electron chi connectivity index (χ3n) is 7.30. The Hall–Kier alpha value is -3.21. The summed E-state index contributed by atoms with van der Waals surface area (Å²) in [6, 6.07) is 21.5. The zero-order valence-corrected chi connectivity index (χ0v) is 18.7. The van der Waals surface area contributed by atoms with Crippen LogP contribution < -0.4 is 5.32 Å². The molecule has 0 aliphatic carbocycles. The van der Waals surface area contributed by atoms with Crippen LogP contribution in [0, 0.1) is 5.82 Å². The maximum atomic E-state index is 14.2. The van der Waals surface area contributed by atoms with Gasteiger partial charge in [-0.15, -0.1) is 0 Å². The second-order valence-corrected chi connectivity index (χ2v) is 9.53. The third-order valence-corrected chi connectivity index (χ3v) is 7.30. The highest BCUT2D eigenvalue weighted by atomic mass is 19.1. The van der Waals surface area contributed by atoms with Crippen LogP contribution in [0.3, 0.4) is 0 Å². The average Bonchev–Trinajstić information content (AvgIpc) is 3.45. The molecule has 4 nitrogen and oxygen atoms in total. The molecule has 0 spiro atoms. The molecule has 3 aromatic rings. The van der Waals surface area contributed by atoms with Gasteiger partial charge in [0.1, 0.15) is 5.82 Å². The first-order valence-corrected chi connectivity index (χ1v) is 11.8. The van der Waals surface area contributed by atoms with E-state index in [0.29, 0.717) is 44.3 Å². The number of carbonyl (C=O) groups excluding carboxylic acids is 2. The summed E-state index contributed by atoms with van der Waals surface area (Å²) in [5, 5.41) is 5.57. The van der Waals surface area contributed by atoms with Gasteiger partial charge in [-0.05, 0) is 53.6 Å². The van der Waals surface area contributed by atoms with Gasteiger partial charge in [-0.25, -0.2) is 4.39 Å². The van der Waals surface area contributed by atoms with Crippen molar-refractivity contribution in [3.05, 3.63) is 83.7 Å². The summed E-state index contributed by atoms with van der Waals surface area (Å²) in [5.41, 5.74) is 1.48. The van der Waals surface area contributed by atoms with E-state index in [2.05, 4.69) is 35.6 Å². The fourth-order valence-corrected chi connectivity index (χ4v) is 5.47. The number of halogens is 1. The lowest BCUT2D eigenvalue weighted by Gasteiger charge is -2.30. The minimum Gasteiger partial charge on any atom is -0.350 e. The largest absolute Gasteiger partial charge is 0.350 e. The van der Waals surface area contributed by atoms with Crippen molar-refractivity contribution in [2.45, 2.75) is 50.0 Å². The minimum absolute atomic E-state index is 0.0490. The molecular formula is C28H29FN2O2. The van der Waals surface area contributed by atoms with E-state index in [-0.39, 0.29) is 29.1 Å². The van der Waals surface area contributed by atoms with Crippen molar-refractivity contribution in [3.8, 4) is 0 Å². The van der Waals surface area contributed by atoms with Crippen LogP contribution >= 0.6 is 0 Å². The summed E-state index contributed by atoms with van der Waals surface area (Å²) >= 11 is 0. The molecule has 2 atom stereocenters. The predicted molar refractivity (Wildman–Crippen MR) is 127 cm³/mol. The van der Waals surface area contributed by atoms with Crippen LogP contribution in [-0.4, -0.2) is 35.3 Å². The number of carbonyl (C=O) groups is 2. The molecule has 2 fully saturated rings. The van der Waals surface area contributed by atoms with Gasteiger partial charge in [0.2, 0.25) is 11.8 Å². The van der Waals surface area contributed by atoms with Crippen LogP contribution in [0.1, 0.15) is 49.1 Å². The fraction of sp³-hybridized carbons (Fsp3) is 0.357. The Balaban J connectivity index is 1.25. The molecule has 170 valence electrons. The lowest BCUT2D eigenvalue weighted by atomic mass is 9.84. The van der Waals surface area contributed by atoms with E-state index in [1.807, 2.05) is 29.2 Å². The smallest absolute Gasteiger partial charge is 0.222 e. The summed E-state index contributed by atoms with van der Waals surface area (Å²) in [4.78, 5) is 27.0. The highest BCUT2D eigenvalue weighted by Gasteiger charge is 2.39. The van der Waals surface area contributed by atoms with E-state index in [1.54, 1.807) is 6.07 Å². The van der Waals surface area contributed by atoms with Gasteiger partial charge in [0.25, 0.3) is 0 Å². The lowest BCUT2D eigenvalue weighted by molar-refractivity contribution is -0.131. The van der Waals surface area contributed by atoms with Gasteiger partial charge < -0.3 is 10.2 Å². The second-order valence-electron chi connectivity index (χ2n) is 9.53. The van der Waals surface area contributed by atoms with E-state index in [4.69, 9.17) is 0 Å². The zero-order valence-electron chi connectivity index (χ0n) is 18.7. The normalized spacial score (nSPS) is 22.6. The summed E-state index contributed by atoms with van der Waals surface area (Å²) in [7, 11) is 0. The lowest BCUT2D eigenvalue weighted by Crippen LogP contribution is -2.44. The Morgan fingerprint density at radius 3 is 2.64 bits per heavy atom. The maximum Gasteiger partial charge on any atom is 0.222 e. The van der Waals surface area contributed by atoms with Crippen molar-refractivity contribution < 1.29 is 14.0 Å². The maximum absolute atomic E-state index is 14.2. The molecule has 5 rings (SSSR count). The standard InChI is InChI=1S/C28H29FN2O2/c29-25-8-4-3-7-24(25)23-13-16-31(19-23)27(33)12-15-28(14-11-26(32)30-28)18-20-9-10-21-5-1-2-6-22(21)17-20/h1-10,17,23H,11-16,18-19H2,(H,30,32)/t23-,28+/m1/s1. The van der Waals surface area contributed by atoms with Crippen LogP contribution in [0.2, 0.25) is 0 Å². The van der Waals surface area contributed by atoms with Crippen molar-refractivity contribution in [1.29, 1.82) is 0 Å². The molecule has 33 heavy (non-hydrogen) atoms. The van der Waals surface area contributed by atoms with E-state index >= 15 is 0 Å². The number of hydrogen-bond donors (Lipinski definition) is 1. The number of fused-ring (bicyclic) bond motifs is 1. The minimum atomic E-state index is -0.389. The van der Waals surface area contributed by atoms with Gasteiger partial charge in [-0.2, -0.15) is 0 Å². The first kappa shape index (κ1) is 21.6. The van der Waals surface area contributed by atoms with Crippen LogP contribution in [0.15, 0.2) is 66.7 Å². The van der Waals surface area contributed by atoms with Crippen molar-refractivity contribution in [2.75, 3.05) is 13.1 Å². The van der Waals surface area contributed by atoms with E-state index in [9.17, 15) is 14.0 Å². The van der Waals surface area contributed by atoms with Crippen molar-refractivity contribution in [3.63, 3.8) is 0 Å². The summed E-state index contributed by atoms with van der Waals surface area (Å²) < 4.78 is 14.2. The highest BCUT2D eigenvalue weighted by molar-refractivity contribution is 5.83. The van der Waals surface area contributed by atoms with Gasteiger partial charge in [0.05, 0.1) is 0 Å². The van der Waals surface area contributed by atoms with Crippen LogP contribution in [0.5, 0.6) is 0 Å². The van der Waals surface area contributed by atoms with Gasteiger partial charge in [-0.1, -0.05) is 60.7 Å². The number of nitrogens with one attached hydrogen (secondary N) is 1. The zero-order chi connectivity index (χ0) is 22.8. The summed E-state index contributed by atoms with van der Waals surface area (Å²) in [6.45, 7) is 1.21. The van der Waals surface area contributed by atoms with Gasteiger partial charge >= 0.3 is 0 Å². The molecule has 0 bridgehead atoms. The monoisotopic (exact) mass is 444 g/mol. The molecule has 2 saturated heterocycles. The van der Waals surface area contributed by atoms with Crippen molar-refractivity contribution in [1.82, 2.24) is 10.2 Å². The molecule has 0 unspecified atom stereocenters. The molecule has 0 aromatic heterocycles. The molecule has 2 aliphatic rings. The highest BCUT2D eigenvalue weighted by Crippen LogP contribution is 2.33. The van der Waals surface area contributed by atoms with E-state index in [0.717, 1.165) is 12.8 Å². The summed E-state index contributed by atoms with van der Waals surface area (Å²) in [5.74, 6) is 0.00426. The molecule has 2 heterocycles. The molecular weight excluding hydrogens is 415 g/mol. The number of nitrogens with zero attached hydrogens (tertiary/aromatic N) is 1. The number of amides is 2. The Kier molecular flexibility index (Phi) is 5.88. The molecule has 2 aliphatic heterocycles. The SMILES string of the molecule is O=C1CC[C@](CCC(=O)N2CC[C@@H](c3ccccc3F)C2)(Cc2ccc3ccccc3c2)N1. The van der Waals surface area contributed by atoms with Crippen LogP contribution in [0.4, 0.5) is 4.39 Å². The Labute approximate surface area is 193 Å². The van der Waals surface area contributed by atoms with Crippen LogP contribution in [0.25, 0.3) is 10.8 Å². The molecule has 1 N–H and O–H groups in total. The van der Waals surface area contributed by atoms with Gasteiger partial charge in [0.15, 0.2) is 0 Å². The molecule has 0 radical (unpaired) electrons. The molecule has 2 amide bonds. The van der Waals surface area contributed by atoms with Gasteiger partial charge in [0, 0.05) is 37.4 Å². The molecule has 0 saturated carbocycles. The molecule has 5 heteroatoms. The predicted octanol–water partition coefficient (Wildman–Crippen LogP) is 4.97. The Bertz CT molecular complexity index is 1190. The number of hydrogen-bond acceptors (Lipinski definition) is 2. The number of benzene rings is 3. The van der Waals surface area contributed by atoms with Crippen molar-refractivity contribution in [2.24, 2.45) is 0 Å². The Morgan fingerprint density at radius 1 is 1.06 bits per heavy atom. The van der Waals surface area contributed by atoms with Gasteiger partial charge in [-0.3, -0.25) is 9.59 Å². The quantitative estimate of drug-likeness (QED) is 0.584. The summed E-state index contributed by atoms with van der Waals surface area (Å²) in [6.07, 6.45) is 3.74.